The van der Waals surface area contributed by atoms with Crippen LogP contribution in [-0.2, 0) is 20.6 Å². The summed E-state index contributed by atoms with van der Waals surface area (Å²) >= 11 is 7.94. The number of nitrogens with zero attached hydrogens (tertiary/aromatic N) is 1. The highest BCUT2D eigenvalue weighted by atomic mass is 35.5. The molecule has 1 heterocycles. The fraction of sp³-hybridized carbons (Fsp3) is 0.261. The zero-order valence-corrected chi connectivity index (χ0v) is 20.0. The number of hydrogen-bond donors (Lipinski definition) is 1. The number of hydrogen-bond acceptors (Lipinski definition) is 5. The molecule has 0 aliphatic carbocycles. The lowest BCUT2D eigenvalue weighted by molar-refractivity contribution is -0.119. The number of furan rings is 1. The molecule has 1 aromatic heterocycles. The van der Waals surface area contributed by atoms with Gasteiger partial charge in [0.25, 0.3) is 10.0 Å². The van der Waals surface area contributed by atoms with Gasteiger partial charge in [-0.15, -0.1) is 0 Å². The Labute approximate surface area is 198 Å². The van der Waals surface area contributed by atoms with Crippen molar-refractivity contribution in [1.29, 1.82) is 0 Å². The van der Waals surface area contributed by atoms with E-state index in [0.29, 0.717) is 17.3 Å². The van der Waals surface area contributed by atoms with E-state index in [4.69, 9.17) is 16.0 Å². The second-order valence-corrected chi connectivity index (χ2v) is 10.5. The monoisotopic (exact) mass is 492 g/mol. The zero-order valence-electron chi connectivity index (χ0n) is 17.7. The van der Waals surface area contributed by atoms with Crippen LogP contribution in [-0.4, -0.2) is 33.2 Å². The number of aryl methyl sites for hydroxylation is 1. The minimum Gasteiger partial charge on any atom is -0.468 e. The maximum atomic E-state index is 13.3. The van der Waals surface area contributed by atoms with Crippen LogP contribution in [0.2, 0.25) is 5.02 Å². The Bertz CT molecular complexity index is 1120. The number of halogens is 1. The highest BCUT2D eigenvalue weighted by Gasteiger charge is 2.27. The standard InChI is InChI=1S/C23H25ClN2O4S2/c1-18-10-11-19(15-22(18)24)26(32(28,29)21-8-3-2-4-9-21)16-23(27)25-12-6-14-31-17-20-7-5-13-30-20/h2-5,7-11,13,15H,6,12,14,16-17H2,1H3,(H,25,27). The number of benzene rings is 2. The first-order valence-corrected chi connectivity index (χ1v) is 13.1. The van der Waals surface area contributed by atoms with Crippen LogP contribution < -0.4 is 9.62 Å². The Morgan fingerprint density at radius 2 is 1.91 bits per heavy atom. The summed E-state index contributed by atoms with van der Waals surface area (Å²) in [5, 5.41) is 3.25. The topological polar surface area (TPSA) is 79.6 Å². The van der Waals surface area contributed by atoms with Gasteiger partial charge in [-0.1, -0.05) is 35.9 Å². The number of carbonyl (C=O) groups is 1. The summed E-state index contributed by atoms with van der Waals surface area (Å²) in [5.41, 5.74) is 1.16. The van der Waals surface area contributed by atoms with Gasteiger partial charge < -0.3 is 9.73 Å². The molecule has 3 aromatic rings. The smallest absolute Gasteiger partial charge is 0.264 e. The van der Waals surface area contributed by atoms with Crippen LogP contribution in [0.25, 0.3) is 0 Å². The van der Waals surface area contributed by atoms with Crippen LogP contribution in [0.3, 0.4) is 0 Å². The molecule has 1 amide bonds. The third-order valence-electron chi connectivity index (χ3n) is 4.67. The van der Waals surface area contributed by atoms with E-state index in [1.165, 1.54) is 12.1 Å². The second kappa shape index (κ2) is 11.4. The molecule has 32 heavy (non-hydrogen) atoms. The summed E-state index contributed by atoms with van der Waals surface area (Å²) in [7, 11) is -3.94. The SMILES string of the molecule is Cc1ccc(N(CC(=O)NCCCSCc2ccco2)S(=O)(=O)c2ccccc2)cc1Cl. The Hall–Kier alpha value is -2.42. The largest absolute Gasteiger partial charge is 0.468 e. The summed E-state index contributed by atoms with van der Waals surface area (Å²) in [5.74, 6) is 2.16. The van der Waals surface area contributed by atoms with Gasteiger partial charge in [0, 0.05) is 11.6 Å². The zero-order chi connectivity index (χ0) is 23.0. The predicted molar refractivity (Wildman–Crippen MR) is 130 cm³/mol. The molecule has 0 aliphatic heterocycles. The van der Waals surface area contributed by atoms with Gasteiger partial charge in [-0.3, -0.25) is 9.10 Å². The summed E-state index contributed by atoms with van der Waals surface area (Å²) in [6.07, 6.45) is 2.41. The van der Waals surface area contributed by atoms with Gasteiger partial charge in [0.2, 0.25) is 5.91 Å². The van der Waals surface area contributed by atoms with Crippen molar-refractivity contribution < 1.29 is 17.6 Å². The average molecular weight is 493 g/mol. The van der Waals surface area contributed by atoms with Crippen molar-refractivity contribution in [3.05, 3.63) is 83.3 Å². The fourth-order valence-corrected chi connectivity index (χ4v) is 5.39. The van der Waals surface area contributed by atoms with E-state index >= 15 is 0 Å². The summed E-state index contributed by atoms with van der Waals surface area (Å²) in [6, 6.07) is 16.8. The Kier molecular flexibility index (Phi) is 8.67. The number of thioether (sulfide) groups is 1. The molecule has 0 spiro atoms. The van der Waals surface area contributed by atoms with Crippen molar-refractivity contribution in [2.75, 3.05) is 23.1 Å². The first-order valence-electron chi connectivity index (χ1n) is 10.1. The molecule has 1 N–H and O–H groups in total. The number of carbonyl (C=O) groups excluding carboxylic acids is 1. The summed E-state index contributed by atoms with van der Waals surface area (Å²) in [6.45, 7) is 1.95. The van der Waals surface area contributed by atoms with Gasteiger partial charge in [-0.25, -0.2) is 8.42 Å². The van der Waals surface area contributed by atoms with Gasteiger partial charge in [0.05, 0.1) is 22.6 Å². The molecule has 0 fully saturated rings. The van der Waals surface area contributed by atoms with Gasteiger partial charge in [-0.05, 0) is 61.1 Å². The quantitative estimate of drug-likeness (QED) is 0.386. The lowest BCUT2D eigenvalue weighted by Gasteiger charge is -2.24. The van der Waals surface area contributed by atoms with E-state index < -0.39 is 10.0 Å². The number of rotatable bonds is 11. The third-order valence-corrected chi connectivity index (χ3v) is 7.94. The van der Waals surface area contributed by atoms with E-state index in [1.807, 2.05) is 19.1 Å². The van der Waals surface area contributed by atoms with E-state index in [-0.39, 0.29) is 17.3 Å². The highest BCUT2D eigenvalue weighted by molar-refractivity contribution is 7.98. The van der Waals surface area contributed by atoms with Crippen LogP contribution in [0.15, 0.2) is 76.2 Å². The molecule has 0 atom stereocenters. The number of anilines is 1. The van der Waals surface area contributed by atoms with Crippen molar-refractivity contribution >= 4 is 45.0 Å². The van der Waals surface area contributed by atoms with Crippen LogP contribution in [0.5, 0.6) is 0 Å². The Morgan fingerprint density at radius 3 is 2.59 bits per heavy atom. The maximum absolute atomic E-state index is 13.3. The Morgan fingerprint density at radius 1 is 1.12 bits per heavy atom. The van der Waals surface area contributed by atoms with Crippen molar-refractivity contribution in [2.24, 2.45) is 0 Å². The number of amides is 1. The van der Waals surface area contributed by atoms with E-state index in [9.17, 15) is 13.2 Å². The first kappa shape index (κ1) is 24.2. The Balaban J connectivity index is 1.63. The maximum Gasteiger partial charge on any atom is 0.264 e. The number of sulfonamides is 1. The van der Waals surface area contributed by atoms with Crippen LogP contribution in [0.1, 0.15) is 17.7 Å². The number of nitrogens with one attached hydrogen (secondary N) is 1. The molecular formula is C23H25ClN2O4S2. The molecule has 0 radical (unpaired) electrons. The van der Waals surface area contributed by atoms with Gasteiger partial charge in [0.15, 0.2) is 0 Å². The van der Waals surface area contributed by atoms with Crippen molar-refractivity contribution in [2.45, 2.75) is 24.0 Å². The lowest BCUT2D eigenvalue weighted by atomic mass is 10.2. The highest BCUT2D eigenvalue weighted by Crippen LogP contribution is 2.27. The van der Waals surface area contributed by atoms with E-state index in [1.54, 1.807) is 54.4 Å². The predicted octanol–water partition coefficient (Wildman–Crippen LogP) is 4.88. The molecule has 0 saturated carbocycles. The van der Waals surface area contributed by atoms with E-state index in [0.717, 1.165) is 33.6 Å². The molecule has 6 nitrogen and oxygen atoms in total. The van der Waals surface area contributed by atoms with Crippen LogP contribution in [0.4, 0.5) is 5.69 Å². The molecule has 0 saturated heterocycles. The van der Waals surface area contributed by atoms with Crippen LogP contribution in [0, 0.1) is 6.92 Å². The molecule has 0 bridgehead atoms. The van der Waals surface area contributed by atoms with Crippen LogP contribution >= 0.6 is 23.4 Å². The van der Waals surface area contributed by atoms with Gasteiger partial charge >= 0.3 is 0 Å². The van der Waals surface area contributed by atoms with E-state index in [2.05, 4.69) is 5.32 Å². The first-order chi connectivity index (χ1) is 15.4. The molecule has 0 unspecified atom stereocenters. The lowest BCUT2D eigenvalue weighted by Crippen LogP contribution is -2.41. The third kappa shape index (κ3) is 6.54. The molecule has 3 rings (SSSR count). The van der Waals surface area contributed by atoms with Crippen molar-refractivity contribution in [1.82, 2.24) is 5.32 Å². The summed E-state index contributed by atoms with van der Waals surface area (Å²) in [4.78, 5) is 12.7. The van der Waals surface area contributed by atoms with Crippen molar-refractivity contribution in [3.63, 3.8) is 0 Å². The second-order valence-electron chi connectivity index (χ2n) is 7.09. The van der Waals surface area contributed by atoms with Gasteiger partial charge in [0.1, 0.15) is 12.3 Å². The normalized spacial score (nSPS) is 11.3. The fourth-order valence-electron chi connectivity index (χ4n) is 2.93. The molecule has 170 valence electrons. The minimum absolute atomic E-state index is 0.110. The van der Waals surface area contributed by atoms with Gasteiger partial charge in [-0.2, -0.15) is 11.8 Å². The minimum atomic E-state index is -3.94. The average Bonchev–Trinajstić information content (AvgIpc) is 3.30. The molecule has 9 heteroatoms. The van der Waals surface area contributed by atoms with Crippen molar-refractivity contribution in [3.8, 4) is 0 Å². The molecule has 2 aromatic carbocycles. The molecular weight excluding hydrogens is 468 g/mol. The molecule has 0 aliphatic rings. The summed E-state index contributed by atoms with van der Waals surface area (Å²) < 4.78 is 32.9.